The molecule has 2 aromatic rings. The smallest absolute Gasteiger partial charge is 0.339 e. The van der Waals surface area contributed by atoms with Gasteiger partial charge in [0.15, 0.2) is 0 Å². The van der Waals surface area contributed by atoms with Gasteiger partial charge < -0.3 is 9.14 Å². The van der Waals surface area contributed by atoms with Gasteiger partial charge in [0.05, 0.1) is 12.2 Å². The third-order valence-corrected chi connectivity index (χ3v) is 2.44. The second kappa shape index (κ2) is 3.77. The number of hydrogen-bond donors (Lipinski definition) is 0. The highest BCUT2D eigenvalue weighted by Gasteiger charge is 2.13. The van der Waals surface area contributed by atoms with E-state index in [9.17, 15) is 4.79 Å². The van der Waals surface area contributed by atoms with E-state index in [4.69, 9.17) is 4.74 Å². The summed E-state index contributed by atoms with van der Waals surface area (Å²) in [5, 5.41) is 0. The van der Waals surface area contributed by atoms with Crippen molar-refractivity contribution in [3.8, 4) is 0 Å². The van der Waals surface area contributed by atoms with E-state index in [1.54, 1.807) is 0 Å². The molecule has 0 spiro atoms. The monoisotopic (exact) mass is 203 g/mol. The number of hydrogen-bond acceptors (Lipinski definition) is 2. The fourth-order valence-corrected chi connectivity index (χ4v) is 1.68. The quantitative estimate of drug-likeness (QED) is 0.702. The Labute approximate surface area is 88.3 Å². The minimum Gasteiger partial charge on any atom is -0.462 e. The van der Waals surface area contributed by atoms with Crippen molar-refractivity contribution in [1.82, 2.24) is 4.40 Å². The molecule has 0 aromatic carbocycles. The summed E-state index contributed by atoms with van der Waals surface area (Å²) < 4.78 is 6.92. The van der Waals surface area contributed by atoms with Crippen LogP contribution in [0.5, 0.6) is 0 Å². The molecule has 0 radical (unpaired) electrons. The van der Waals surface area contributed by atoms with Gasteiger partial charge in [-0.15, -0.1) is 0 Å². The molecule has 3 heteroatoms. The number of carbonyl (C=O) groups is 1. The Morgan fingerprint density at radius 3 is 2.93 bits per heavy atom. The largest absolute Gasteiger partial charge is 0.462 e. The summed E-state index contributed by atoms with van der Waals surface area (Å²) in [6.45, 7) is 4.15. The molecule has 0 saturated heterocycles. The summed E-state index contributed by atoms with van der Waals surface area (Å²) in [5.41, 5.74) is 2.65. The highest BCUT2D eigenvalue weighted by Crippen LogP contribution is 2.18. The zero-order chi connectivity index (χ0) is 10.8. The Morgan fingerprint density at radius 1 is 1.47 bits per heavy atom. The average Bonchev–Trinajstić information content (AvgIpc) is 2.57. The van der Waals surface area contributed by atoms with Gasteiger partial charge in [0, 0.05) is 17.9 Å². The molecular formula is C12H13NO2. The van der Waals surface area contributed by atoms with E-state index in [1.807, 2.05) is 48.8 Å². The molecule has 0 aliphatic carbocycles. The molecule has 78 valence electrons. The van der Waals surface area contributed by atoms with E-state index in [2.05, 4.69) is 0 Å². The highest BCUT2D eigenvalue weighted by atomic mass is 16.5. The van der Waals surface area contributed by atoms with Gasteiger partial charge in [-0.2, -0.15) is 0 Å². The minimum atomic E-state index is -0.251. The van der Waals surface area contributed by atoms with Gasteiger partial charge in [-0.05, 0) is 31.5 Å². The number of pyridine rings is 1. The third-order valence-electron chi connectivity index (χ3n) is 2.44. The second-order valence-electron chi connectivity index (χ2n) is 3.38. The topological polar surface area (TPSA) is 30.7 Å². The molecule has 0 N–H and O–H groups in total. The molecule has 0 aliphatic heterocycles. The zero-order valence-electron chi connectivity index (χ0n) is 8.86. The van der Waals surface area contributed by atoms with Crippen LogP contribution in [-0.4, -0.2) is 17.0 Å². The van der Waals surface area contributed by atoms with Gasteiger partial charge in [-0.3, -0.25) is 0 Å². The molecule has 0 fully saturated rings. The number of esters is 1. The van der Waals surface area contributed by atoms with Crippen molar-refractivity contribution >= 4 is 11.5 Å². The fraction of sp³-hybridized carbons (Fsp3) is 0.250. The minimum absolute atomic E-state index is 0.251. The van der Waals surface area contributed by atoms with Crippen LogP contribution in [0.2, 0.25) is 0 Å². The lowest BCUT2D eigenvalue weighted by molar-refractivity contribution is 0.0526. The van der Waals surface area contributed by atoms with Gasteiger partial charge in [-0.1, -0.05) is 6.07 Å². The van der Waals surface area contributed by atoms with E-state index in [-0.39, 0.29) is 5.97 Å². The molecule has 0 unspecified atom stereocenters. The number of rotatable bonds is 2. The molecule has 0 atom stereocenters. The molecule has 3 nitrogen and oxygen atoms in total. The van der Waals surface area contributed by atoms with E-state index in [1.165, 1.54) is 0 Å². The summed E-state index contributed by atoms with van der Waals surface area (Å²) in [7, 11) is 0. The van der Waals surface area contributed by atoms with Gasteiger partial charge >= 0.3 is 5.97 Å². The second-order valence-corrected chi connectivity index (χ2v) is 3.38. The molecule has 0 saturated carbocycles. The Morgan fingerprint density at radius 2 is 2.27 bits per heavy atom. The van der Waals surface area contributed by atoms with Gasteiger partial charge in [0.25, 0.3) is 0 Å². The van der Waals surface area contributed by atoms with Crippen molar-refractivity contribution in [3.63, 3.8) is 0 Å². The van der Waals surface area contributed by atoms with Crippen LogP contribution in [0.3, 0.4) is 0 Å². The van der Waals surface area contributed by atoms with Crippen molar-refractivity contribution in [2.24, 2.45) is 0 Å². The predicted molar refractivity (Wildman–Crippen MR) is 58.1 cm³/mol. The van der Waals surface area contributed by atoms with Crippen LogP contribution in [0.25, 0.3) is 5.52 Å². The van der Waals surface area contributed by atoms with Crippen molar-refractivity contribution < 1.29 is 9.53 Å². The average molecular weight is 203 g/mol. The van der Waals surface area contributed by atoms with Crippen LogP contribution >= 0.6 is 0 Å². The van der Waals surface area contributed by atoms with Gasteiger partial charge in [0.2, 0.25) is 0 Å². The van der Waals surface area contributed by atoms with Crippen LogP contribution < -0.4 is 0 Å². The lowest BCUT2D eigenvalue weighted by Crippen LogP contribution is -2.04. The van der Waals surface area contributed by atoms with E-state index >= 15 is 0 Å². The normalized spacial score (nSPS) is 10.5. The summed E-state index contributed by atoms with van der Waals surface area (Å²) in [6, 6.07) is 5.87. The maximum atomic E-state index is 11.6. The number of nitrogens with zero attached hydrogens (tertiary/aromatic N) is 1. The molecule has 2 aromatic heterocycles. The fourth-order valence-electron chi connectivity index (χ4n) is 1.68. The standard InChI is InChI=1S/C12H13NO2/c1-3-15-12(14)10-8-13-7-5-4-6-11(13)9(10)2/h4-8H,3H2,1-2H3. The van der Waals surface area contributed by atoms with Gasteiger partial charge in [-0.25, -0.2) is 4.79 Å². The van der Waals surface area contributed by atoms with E-state index in [0.29, 0.717) is 12.2 Å². The van der Waals surface area contributed by atoms with Crippen molar-refractivity contribution in [2.45, 2.75) is 13.8 Å². The number of fused-ring (bicyclic) bond motifs is 1. The van der Waals surface area contributed by atoms with E-state index < -0.39 is 0 Å². The molecule has 2 heterocycles. The Balaban J connectivity index is 2.53. The molecular weight excluding hydrogens is 190 g/mol. The first kappa shape index (κ1) is 9.77. The third kappa shape index (κ3) is 1.61. The van der Waals surface area contributed by atoms with Crippen molar-refractivity contribution in [2.75, 3.05) is 6.61 Å². The maximum absolute atomic E-state index is 11.6. The van der Waals surface area contributed by atoms with Crippen molar-refractivity contribution in [3.05, 3.63) is 41.7 Å². The van der Waals surface area contributed by atoms with Crippen LogP contribution in [0.15, 0.2) is 30.6 Å². The van der Waals surface area contributed by atoms with Crippen LogP contribution in [0.1, 0.15) is 22.8 Å². The summed E-state index contributed by atoms with van der Waals surface area (Å²) in [5.74, 6) is -0.251. The molecule has 0 bridgehead atoms. The van der Waals surface area contributed by atoms with E-state index in [0.717, 1.165) is 11.1 Å². The summed E-state index contributed by atoms with van der Waals surface area (Å²) in [6.07, 6.45) is 3.73. The first-order valence-corrected chi connectivity index (χ1v) is 4.97. The van der Waals surface area contributed by atoms with Crippen LogP contribution in [-0.2, 0) is 4.74 Å². The first-order chi connectivity index (χ1) is 7.24. The molecule has 2 rings (SSSR count). The summed E-state index contributed by atoms with van der Waals surface area (Å²) >= 11 is 0. The number of ether oxygens (including phenoxy) is 1. The molecule has 0 aliphatic rings. The van der Waals surface area contributed by atoms with Crippen LogP contribution in [0.4, 0.5) is 0 Å². The Hall–Kier alpha value is -1.77. The van der Waals surface area contributed by atoms with Gasteiger partial charge in [0.1, 0.15) is 0 Å². The first-order valence-electron chi connectivity index (χ1n) is 4.97. The lowest BCUT2D eigenvalue weighted by Gasteiger charge is -1.99. The summed E-state index contributed by atoms with van der Waals surface area (Å²) in [4.78, 5) is 11.6. The predicted octanol–water partition coefficient (Wildman–Crippen LogP) is 2.42. The molecule has 0 amide bonds. The Kier molecular flexibility index (Phi) is 2.46. The number of aryl methyl sites for hydroxylation is 1. The molecule has 15 heavy (non-hydrogen) atoms. The highest BCUT2D eigenvalue weighted by molar-refractivity contribution is 5.93. The lowest BCUT2D eigenvalue weighted by atomic mass is 10.2. The Bertz CT molecular complexity index is 499. The number of aromatic nitrogens is 1. The number of carbonyl (C=O) groups excluding carboxylic acids is 1. The zero-order valence-corrected chi connectivity index (χ0v) is 8.86. The SMILES string of the molecule is CCOC(=O)c1cn2ccccc2c1C. The van der Waals surface area contributed by atoms with Crippen LogP contribution in [0, 0.1) is 6.92 Å². The van der Waals surface area contributed by atoms with Crippen molar-refractivity contribution in [1.29, 1.82) is 0 Å². The maximum Gasteiger partial charge on any atom is 0.339 e.